The number of carbonyl (C=O) groups excluding carboxylic acids is 1. The number of carbonyl (C=O) groups is 1. The monoisotopic (exact) mass is 251 g/mol. The van der Waals surface area contributed by atoms with Crippen molar-refractivity contribution in [3.8, 4) is 0 Å². The van der Waals surface area contributed by atoms with E-state index in [1.807, 2.05) is 6.92 Å². The second-order valence-electron chi connectivity index (χ2n) is 5.01. The van der Waals surface area contributed by atoms with Crippen molar-refractivity contribution in [1.29, 1.82) is 0 Å². The number of aromatic amines is 1. The Morgan fingerprint density at radius 3 is 2.83 bits per heavy atom. The van der Waals surface area contributed by atoms with Crippen molar-refractivity contribution < 1.29 is 9.90 Å². The maximum Gasteiger partial charge on any atom is 0.272 e. The highest BCUT2D eigenvalue weighted by molar-refractivity contribution is 5.92. The highest BCUT2D eigenvalue weighted by atomic mass is 16.3. The smallest absolute Gasteiger partial charge is 0.272 e. The van der Waals surface area contributed by atoms with Gasteiger partial charge in [0.1, 0.15) is 5.69 Å². The molecule has 1 saturated carbocycles. The minimum atomic E-state index is -0.182. The minimum Gasteiger partial charge on any atom is -0.393 e. The summed E-state index contributed by atoms with van der Waals surface area (Å²) in [6, 6.07) is 1.93. The first-order valence-corrected chi connectivity index (χ1v) is 6.67. The Hall–Kier alpha value is -1.36. The van der Waals surface area contributed by atoms with Crippen LogP contribution in [0, 0.1) is 5.92 Å². The van der Waals surface area contributed by atoms with E-state index in [9.17, 15) is 9.90 Å². The van der Waals surface area contributed by atoms with Gasteiger partial charge in [-0.1, -0.05) is 13.8 Å². The topological polar surface area (TPSA) is 78.0 Å². The van der Waals surface area contributed by atoms with Gasteiger partial charge in [-0.15, -0.1) is 0 Å². The van der Waals surface area contributed by atoms with E-state index >= 15 is 0 Å². The zero-order valence-corrected chi connectivity index (χ0v) is 10.9. The van der Waals surface area contributed by atoms with Gasteiger partial charge >= 0.3 is 0 Å². The van der Waals surface area contributed by atoms with Gasteiger partial charge in [-0.25, -0.2) is 0 Å². The predicted octanol–water partition coefficient (Wildman–Crippen LogP) is 1.25. The number of hydrogen-bond donors (Lipinski definition) is 3. The first-order chi connectivity index (χ1) is 8.63. The summed E-state index contributed by atoms with van der Waals surface area (Å²) in [5, 5.41) is 19.2. The molecule has 1 aliphatic rings. The van der Waals surface area contributed by atoms with E-state index in [1.165, 1.54) is 0 Å². The van der Waals surface area contributed by atoms with Crippen LogP contribution in [0.15, 0.2) is 6.07 Å². The number of aliphatic hydroxyl groups is 1. The van der Waals surface area contributed by atoms with Crippen molar-refractivity contribution in [2.24, 2.45) is 5.92 Å². The van der Waals surface area contributed by atoms with Crippen molar-refractivity contribution in [2.75, 3.05) is 0 Å². The summed E-state index contributed by atoms with van der Waals surface area (Å²) in [5.41, 5.74) is 1.41. The average molecular weight is 251 g/mol. The van der Waals surface area contributed by atoms with Crippen molar-refractivity contribution in [3.63, 3.8) is 0 Å². The van der Waals surface area contributed by atoms with Crippen molar-refractivity contribution in [3.05, 3.63) is 17.5 Å². The summed E-state index contributed by atoms with van der Waals surface area (Å²) < 4.78 is 0. The van der Waals surface area contributed by atoms with Crippen LogP contribution in [0.3, 0.4) is 0 Å². The van der Waals surface area contributed by atoms with Gasteiger partial charge in [0.25, 0.3) is 5.91 Å². The molecule has 1 aromatic heterocycles. The molecule has 1 aliphatic carbocycles. The standard InChI is InChI=1S/C13H21N3O2/c1-3-9-7-12(16-15-9)13(18)14-11(4-2)8-5-10(17)6-8/h7-8,10-11,17H,3-6H2,1-2H3,(H,14,18)(H,15,16)/t8?,10?,11-/m0/s1. The number of nitrogens with one attached hydrogen (secondary N) is 2. The van der Waals surface area contributed by atoms with E-state index in [4.69, 9.17) is 0 Å². The third-order valence-corrected chi connectivity index (χ3v) is 3.72. The summed E-state index contributed by atoms with van der Waals surface area (Å²) >= 11 is 0. The summed E-state index contributed by atoms with van der Waals surface area (Å²) in [6.45, 7) is 4.07. The van der Waals surface area contributed by atoms with Crippen LogP contribution in [0.1, 0.15) is 49.3 Å². The molecule has 0 unspecified atom stereocenters. The minimum absolute atomic E-state index is 0.126. The molecule has 1 amide bonds. The zero-order valence-electron chi connectivity index (χ0n) is 10.9. The molecule has 0 spiro atoms. The quantitative estimate of drug-likeness (QED) is 0.737. The molecule has 0 bridgehead atoms. The van der Waals surface area contributed by atoms with Crippen LogP contribution < -0.4 is 5.32 Å². The molecule has 0 saturated heterocycles. The second kappa shape index (κ2) is 5.52. The lowest BCUT2D eigenvalue weighted by Gasteiger charge is -2.37. The van der Waals surface area contributed by atoms with E-state index in [0.717, 1.165) is 31.4 Å². The maximum absolute atomic E-state index is 12.0. The van der Waals surface area contributed by atoms with Gasteiger partial charge in [0.2, 0.25) is 0 Å². The largest absolute Gasteiger partial charge is 0.393 e. The SMILES string of the molecule is CCc1cc(C(=O)N[C@@H](CC)C2CC(O)C2)n[nH]1. The van der Waals surface area contributed by atoms with E-state index in [0.29, 0.717) is 11.6 Å². The van der Waals surface area contributed by atoms with E-state index < -0.39 is 0 Å². The molecule has 5 heteroatoms. The highest BCUT2D eigenvalue weighted by Crippen LogP contribution is 2.31. The Labute approximate surface area is 107 Å². The molecule has 5 nitrogen and oxygen atoms in total. The van der Waals surface area contributed by atoms with E-state index in [-0.39, 0.29) is 18.1 Å². The Bertz CT molecular complexity index is 410. The van der Waals surface area contributed by atoms with Crippen molar-refractivity contribution >= 4 is 5.91 Å². The van der Waals surface area contributed by atoms with Crippen molar-refractivity contribution in [2.45, 2.75) is 51.7 Å². The number of hydrogen-bond acceptors (Lipinski definition) is 3. The first kappa shape index (κ1) is 13.1. The highest BCUT2D eigenvalue weighted by Gasteiger charge is 2.34. The Kier molecular flexibility index (Phi) is 4.01. The summed E-state index contributed by atoms with van der Waals surface area (Å²) in [6.07, 6.45) is 3.12. The second-order valence-corrected chi connectivity index (χ2v) is 5.01. The summed E-state index contributed by atoms with van der Waals surface area (Å²) in [7, 11) is 0. The van der Waals surface area contributed by atoms with Gasteiger partial charge in [0.05, 0.1) is 6.10 Å². The van der Waals surface area contributed by atoms with Crippen LogP contribution in [0.5, 0.6) is 0 Å². The number of amides is 1. The van der Waals surface area contributed by atoms with Crippen LogP contribution >= 0.6 is 0 Å². The molecule has 1 aromatic rings. The fraction of sp³-hybridized carbons (Fsp3) is 0.692. The zero-order chi connectivity index (χ0) is 13.1. The molecule has 1 fully saturated rings. The number of nitrogens with zero attached hydrogens (tertiary/aromatic N) is 1. The fourth-order valence-electron chi connectivity index (χ4n) is 2.41. The number of H-pyrrole nitrogens is 1. The number of aromatic nitrogens is 2. The van der Waals surface area contributed by atoms with Gasteiger partial charge in [0, 0.05) is 11.7 Å². The lowest BCUT2D eigenvalue weighted by Crippen LogP contribution is -2.46. The third kappa shape index (κ3) is 2.72. The van der Waals surface area contributed by atoms with Crippen LogP contribution in [0.25, 0.3) is 0 Å². The molecule has 0 aromatic carbocycles. The Morgan fingerprint density at radius 2 is 2.33 bits per heavy atom. The van der Waals surface area contributed by atoms with Crippen LogP contribution in [0.4, 0.5) is 0 Å². The lowest BCUT2D eigenvalue weighted by molar-refractivity contribution is 0.0232. The van der Waals surface area contributed by atoms with E-state index in [1.54, 1.807) is 6.07 Å². The number of aryl methyl sites for hydroxylation is 1. The van der Waals surface area contributed by atoms with Gasteiger partial charge in [0.15, 0.2) is 0 Å². The van der Waals surface area contributed by atoms with Crippen molar-refractivity contribution in [1.82, 2.24) is 15.5 Å². The molecule has 0 aliphatic heterocycles. The Morgan fingerprint density at radius 1 is 1.61 bits per heavy atom. The van der Waals surface area contributed by atoms with Gasteiger partial charge in [-0.05, 0) is 37.7 Å². The molecule has 0 radical (unpaired) electrons. The molecule has 1 heterocycles. The number of rotatable bonds is 5. The van der Waals surface area contributed by atoms with Gasteiger partial charge in [-0.3, -0.25) is 9.89 Å². The molecule has 1 atom stereocenters. The first-order valence-electron chi connectivity index (χ1n) is 6.67. The fourth-order valence-corrected chi connectivity index (χ4v) is 2.41. The van der Waals surface area contributed by atoms with E-state index in [2.05, 4.69) is 22.4 Å². The maximum atomic E-state index is 12.0. The lowest BCUT2D eigenvalue weighted by atomic mass is 9.76. The van der Waals surface area contributed by atoms with Crippen LogP contribution in [0.2, 0.25) is 0 Å². The van der Waals surface area contributed by atoms with Crippen LogP contribution in [-0.4, -0.2) is 33.4 Å². The molecule has 3 N–H and O–H groups in total. The molecular formula is C13H21N3O2. The van der Waals surface area contributed by atoms with Gasteiger partial charge in [-0.2, -0.15) is 5.10 Å². The summed E-state index contributed by atoms with van der Waals surface area (Å²) in [5.74, 6) is 0.276. The molecular weight excluding hydrogens is 230 g/mol. The molecule has 18 heavy (non-hydrogen) atoms. The van der Waals surface area contributed by atoms with Gasteiger partial charge < -0.3 is 10.4 Å². The normalized spacial score (nSPS) is 24.4. The predicted molar refractivity (Wildman–Crippen MR) is 68.2 cm³/mol. The average Bonchev–Trinajstić information content (AvgIpc) is 2.81. The third-order valence-electron chi connectivity index (χ3n) is 3.72. The molecule has 2 rings (SSSR count). The number of aliphatic hydroxyl groups excluding tert-OH is 1. The Balaban J connectivity index is 1.92. The molecule has 100 valence electrons. The summed E-state index contributed by atoms with van der Waals surface area (Å²) in [4.78, 5) is 12.0. The van der Waals surface area contributed by atoms with Crippen LogP contribution in [-0.2, 0) is 6.42 Å².